The number of benzene rings is 1. The van der Waals surface area contributed by atoms with E-state index in [1.54, 1.807) is 20.8 Å². The SMILES string of the molecule is CC(C)C[C@H](NC=O)C(=O)N[C@H](Cc1ccccc1)NC(=O)CNC(=O)[C@@H](C)NC(=O)OC(C)(C)C. The largest absolute Gasteiger partial charge is 0.444 e. The summed E-state index contributed by atoms with van der Waals surface area (Å²) >= 11 is 0. The fraction of sp³-hybridized carbons (Fsp3) is 0.560. The maximum Gasteiger partial charge on any atom is 0.408 e. The van der Waals surface area contributed by atoms with Gasteiger partial charge in [0.15, 0.2) is 0 Å². The molecule has 0 saturated carbocycles. The second-order valence-electron chi connectivity index (χ2n) is 9.87. The van der Waals surface area contributed by atoms with Crippen LogP contribution in [0, 0.1) is 5.92 Å². The maximum absolute atomic E-state index is 12.8. The maximum atomic E-state index is 12.8. The zero-order chi connectivity index (χ0) is 27.3. The van der Waals surface area contributed by atoms with Gasteiger partial charge in [0.2, 0.25) is 24.1 Å². The second-order valence-corrected chi connectivity index (χ2v) is 9.87. The first-order chi connectivity index (χ1) is 16.8. The molecule has 0 heterocycles. The smallest absolute Gasteiger partial charge is 0.408 e. The molecule has 0 spiro atoms. The second kappa shape index (κ2) is 14.7. The van der Waals surface area contributed by atoms with Gasteiger partial charge in [-0.15, -0.1) is 0 Å². The van der Waals surface area contributed by atoms with E-state index in [1.165, 1.54) is 6.92 Å². The lowest BCUT2D eigenvalue weighted by molar-refractivity contribution is -0.129. The Morgan fingerprint density at radius 3 is 2.14 bits per heavy atom. The van der Waals surface area contributed by atoms with E-state index in [0.29, 0.717) is 19.3 Å². The molecule has 0 aromatic heterocycles. The van der Waals surface area contributed by atoms with E-state index in [0.717, 1.165) is 5.56 Å². The first-order valence-electron chi connectivity index (χ1n) is 11.9. The molecule has 11 nitrogen and oxygen atoms in total. The Morgan fingerprint density at radius 1 is 0.944 bits per heavy atom. The van der Waals surface area contributed by atoms with Crippen LogP contribution in [0.3, 0.4) is 0 Å². The Bertz CT molecular complexity index is 885. The first-order valence-corrected chi connectivity index (χ1v) is 11.9. The molecule has 0 aliphatic carbocycles. The highest BCUT2D eigenvalue weighted by atomic mass is 16.6. The van der Waals surface area contributed by atoms with E-state index in [9.17, 15) is 24.0 Å². The summed E-state index contributed by atoms with van der Waals surface area (Å²) in [6.45, 7) is 10.0. The van der Waals surface area contributed by atoms with E-state index in [2.05, 4.69) is 26.6 Å². The van der Waals surface area contributed by atoms with Gasteiger partial charge < -0.3 is 31.3 Å². The van der Waals surface area contributed by atoms with Crippen LogP contribution in [0.5, 0.6) is 0 Å². The average Bonchev–Trinajstić information content (AvgIpc) is 2.76. The lowest BCUT2D eigenvalue weighted by atomic mass is 10.0. The number of ether oxygens (including phenoxy) is 1. The highest BCUT2D eigenvalue weighted by Crippen LogP contribution is 2.07. The van der Waals surface area contributed by atoms with Gasteiger partial charge in [0, 0.05) is 6.42 Å². The minimum absolute atomic E-state index is 0.154. The van der Waals surface area contributed by atoms with Gasteiger partial charge in [0.1, 0.15) is 23.9 Å². The van der Waals surface area contributed by atoms with Crippen molar-refractivity contribution >= 4 is 30.2 Å². The molecule has 1 rings (SSSR count). The zero-order valence-corrected chi connectivity index (χ0v) is 21.8. The molecule has 3 atom stereocenters. The molecule has 0 saturated heterocycles. The third-order valence-corrected chi connectivity index (χ3v) is 4.78. The standard InChI is InChI=1S/C25H39N5O6/c1-16(2)12-19(27-15-31)23(34)30-20(13-18-10-8-7-9-11-18)29-21(32)14-26-22(33)17(3)28-24(35)36-25(4,5)6/h7-11,15-17,19-20H,12-14H2,1-6H3,(H,26,33)(H,27,31)(H,28,35)(H,29,32)(H,30,34)/t17-,19+,20-/m1/s1. The molecule has 0 aliphatic heterocycles. The molecule has 0 fully saturated rings. The van der Waals surface area contributed by atoms with Crippen LogP contribution in [-0.4, -0.2) is 60.6 Å². The Balaban J connectivity index is 2.75. The zero-order valence-electron chi connectivity index (χ0n) is 21.8. The quantitative estimate of drug-likeness (QED) is 0.199. The van der Waals surface area contributed by atoms with Gasteiger partial charge in [-0.05, 0) is 45.6 Å². The summed E-state index contributed by atoms with van der Waals surface area (Å²) in [6.07, 6.45) is -0.350. The number of carbonyl (C=O) groups excluding carboxylic acids is 5. The Labute approximate surface area is 212 Å². The van der Waals surface area contributed by atoms with Crippen LogP contribution in [0.2, 0.25) is 0 Å². The van der Waals surface area contributed by atoms with Crippen LogP contribution in [0.4, 0.5) is 4.79 Å². The third-order valence-electron chi connectivity index (χ3n) is 4.78. The predicted octanol–water partition coefficient (Wildman–Crippen LogP) is 0.978. The molecule has 0 aliphatic rings. The van der Waals surface area contributed by atoms with Gasteiger partial charge in [0.05, 0.1) is 6.54 Å². The molecule has 0 radical (unpaired) electrons. The van der Waals surface area contributed by atoms with E-state index in [4.69, 9.17) is 4.74 Å². The highest BCUT2D eigenvalue weighted by Gasteiger charge is 2.24. The van der Waals surface area contributed by atoms with Crippen molar-refractivity contribution in [2.24, 2.45) is 5.92 Å². The fourth-order valence-electron chi connectivity index (χ4n) is 3.18. The molecule has 1 aromatic carbocycles. The van der Waals surface area contributed by atoms with Crippen molar-refractivity contribution in [3.63, 3.8) is 0 Å². The molecule has 0 unspecified atom stereocenters. The summed E-state index contributed by atoms with van der Waals surface area (Å²) in [4.78, 5) is 60.5. The van der Waals surface area contributed by atoms with E-state index < -0.39 is 47.7 Å². The van der Waals surface area contributed by atoms with Crippen LogP contribution >= 0.6 is 0 Å². The van der Waals surface area contributed by atoms with Gasteiger partial charge in [-0.2, -0.15) is 0 Å². The predicted molar refractivity (Wildman–Crippen MR) is 135 cm³/mol. The van der Waals surface area contributed by atoms with E-state index in [-0.39, 0.29) is 12.5 Å². The summed E-state index contributed by atoms with van der Waals surface area (Å²) in [5, 5.41) is 12.8. The lowest BCUT2D eigenvalue weighted by Crippen LogP contribution is -2.56. The van der Waals surface area contributed by atoms with Gasteiger partial charge in [-0.3, -0.25) is 19.2 Å². The number of hydrogen-bond acceptors (Lipinski definition) is 6. The molecular formula is C25H39N5O6. The number of carbonyl (C=O) groups is 5. The summed E-state index contributed by atoms with van der Waals surface area (Å²) in [5.74, 6) is -1.40. The van der Waals surface area contributed by atoms with Crippen LogP contribution in [0.15, 0.2) is 30.3 Å². The van der Waals surface area contributed by atoms with E-state index >= 15 is 0 Å². The monoisotopic (exact) mass is 505 g/mol. The summed E-state index contributed by atoms with van der Waals surface area (Å²) < 4.78 is 5.11. The average molecular weight is 506 g/mol. The number of amides is 5. The first kappa shape index (κ1) is 30.4. The lowest BCUT2D eigenvalue weighted by Gasteiger charge is -2.25. The molecular weight excluding hydrogens is 466 g/mol. The number of nitrogens with one attached hydrogen (secondary N) is 5. The van der Waals surface area contributed by atoms with Crippen LogP contribution in [0.25, 0.3) is 0 Å². The van der Waals surface area contributed by atoms with Crippen molar-refractivity contribution in [2.75, 3.05) is 6.54 Å². The molecule has 11 heteroatoms. The van der Waals surface area contributed by atoms with Gasteiger partial charge in [-0.25, -0.2) is 4.79 Å². The molecule has 200 valence electrons. The molecule has 5 N–H and O–H groups in total. The summed E-state index contributed by atoms with van der Waals surface area (Å²) in [5.41, 5.74) is 0.152. The fourth-order valence-corrected chi connectivity index (χ4v) is 3.18. The molecule has 36 heavy (non-hydrogen) atoms. The number of hydrogen-bond donors (Lipinski definition) is 5. The minimum Gasteiger partial charge on any atom is -0.444 e. The molecule has 0 bridgehead atoms. The third kappa shape index (κ3) is 12.7. The number of rotatable bonds is 13. The highest BCUT2D eigenvalue weighted by molar-refractivity contribution is 5.89. The van der Waals surface area contributed by atoms with Crippen molar-refractivity contribution < 1.29 is 28.7 Å². The van der Waals surface area contributed by atoms with Gasteiger partial charge >= 0.3 is 6.09 Å². The van der Waals surface area contributed by atoms with Crippen molar-refractivity contribution in [1.82, 2.24) is 26.6 Å². The van der Waals surface area contributed by atoms with E-state index in [1.807, 2.05) is 44.2 Å². The Morgan fingerprint density at radius 2 is 1.58 bits per heavy atom. The topological polar surface area (TPSA) is 155 Å². The van der Waals surface area contributed by atoms with Crippen molar-refractivity contribution in [3.8, 4) is 0 Å². The Kier molecular flexibility index (Phi) is 12.4. The van der Waals surface area contributed by atoms with Crippen molar-refractivity contribution in [3.05, 3.63) is 35.9 Å². The minimum atomic E-state index is -0.932. The van der Waals surface area contributed by atoms with Crippen LogP contribution < -0.4 is 26.6 Å². The Hall–Kier alpha value is -3.63. The molecule has 1 aromatic rings. The summed E-state index contributed by atoms with van der Waals surface area (Å²) in [6, 6.07) is 7.55. The van der Waals surface area contributed by atoms with Crippen LogP contribution in [0.1, 0.15) is 53.5 Å². The van der Waals surface area contributed by atoms with Crippen molar-refractivity contribution in [1.29, 1.82) is 0 Å². The van der Waals surface area contributed by atoms with Crippen LogP contribution in [-0.2, 0) is 30.3 Å². The normalized spacial score (nSPS) is 13.5. The number of alkyl carbamates (subject to hydrolysis) is 1. The van der Waals surface area contributed by atoms with Gasteiger partial charge in [0.25, 0.3) is 0 Å². The van der Waals surface area contributed by atoms with Crippen molar-refractivity contribution in [2.45, 2.75) is 78.2 Å². The molecule has 5 amide bonds. The summed E-state index contributed by atoms with van der Waals surface area (Å²) in [7, 11) is 0. The van der Waals surface area contributed by atoms with Gasteiger partial charge in [-0.1, -0.05) is 44.2 Å².